The molecule has 1 aliphatic heterocycles. The fraction of sp³-hybridized carbons (Fsp3) is 0.500. The van der Waals surface area contributed by atoms with Gasteiger partial charge in [0.1, 0.15) is 12.4 Å². The molecule has 6 heteroatoms. The van der Waals surface area contributed by atoms with Crippen molar-refractivity contribution in [2.45, 2.75) is 18.9 Å². The molecule has 1 fully saturated rings. The summed E-state index contributed by atoms with van der Waals surface area (Å²) in [6.07, 6.45) is 5.11. The van der Waals surface area contributed by atoms with Crippen LogP contribution in [0, 0.1) is 0 Å². The largest absolute Gasteiger partial charge is 0.492 e. The van der Waals surface area contributed by atoms with Crippen LogP contribution in [0.1, 0.15) is 12.8 Å². The van der Waals surface area contributed by atoms with E-state index >= 15 is 0 Å². The van der Waals surface area contributed by atoms with Crippen molar-refractivity contribution in [2.75, 3.05) is 13.2 Å². The predicted molar refractivity (Wildman–Crippen MR) is 58.5 cm³/mol. The molecule has 0 radical (unpaired) electrons. The number of pyridine rings is 1. The molecule has 0 bridgehead atoms. The third-order valence-corrected chi connectivity index (χ3v) is 2.54. The molecule has 1 aliphatic rings. The minimum Gasteiger partial charge on any atom is -0.490 e. The Labute approximate surface area is 94.2 Å². The van der Waals surface area contributed by atoms with Crippen LogP contribution in [0.25, 0.3) is 0 Å². The highest BCUT2D eigenvalue weighted by Gasteiger charge is 2.20. The fourth-order valence-electron chi connectivity index (χ4n) is 1.68. The highest BCUT2D eigenvalue weighted by molar-refractivity contribution is 6.59. The fourth-order valence-corrected chi connectivity index (χ4v) is 1.68. The second-order valence-electron chi connectivity index (χ2n) is 3.73. The smallest absolute Gasteiger partial charge is 0.490 e. The summed E-state index contributed by atoms with van der Waals surface area (Å²) in [7, 11) is -1.54. The molecule has 2 heterocycles. The molecule has 5 nitrogen and oxygen atoms in total. The van der Waals surface area contributed by atoms with Crippen molar-refractivity contribution in [3.63, 3.8) is 0 Å². The Morgan fingerprint density at radius 2 is 2.44 bits per heavy atom. The van der Waals surface area contributed by atoms with Crippen LogP contribution >= 0.6 is 0 Å². The second-order valence-corrected chi connectivity index (χ2v) is 3.73. The highest BCUT2D eigenvalue weighted by Crippen LogP contribution is 2.14. The van der Waals surface area contributed by atoms with Gasteiger partial charge in [0.25, 0.3) is 0 Å². The van der Waals surface area contributed by atoms with E-state index in [1.54, 1.807) is 0 Å². The van der Waals surface area contributed by atoms with Crippen LogP contribution in [0.15, 0.2) is 18.5 Å². The normalized spacial score (nSPS) is 19.8. The molecule has 0 amide bonds. The summed E-state index contributed by atoms with van der Waals surface area (Å²) in [6, 6.07) is 1.52. The third kappa shape index (κ3) is 2.72. The quantitative estimate of drug-likeness (QED) is 0.661. The average Bonchev–Trinajstić information content (AvgIpc) is 2.79. The molecule has 1 aromatic heterocycles. The molecule has 0 spiro atoms. The topological polar surface area (TPSA) is 71.8 Å². The van der Waals surface area contributed by atoms with Crippen LogP contribution in [0.3, 0.4) is 0 Å². The van der Waals surface area contributed by atoms with E-state index < -0.39 is 7.12 Å². The predicted octanol–water partition coefficient (Wildman–Crippen LogP) is -0.681. The van der Waals surface area contributed by atoms with Crippen LogP contribution in [0.4, 0.5) is 0 Å². The summed E-state index contributed by atoms with van der Waals surface area (Å²) in [5.74, 6) is 0.396. The first-order valence-electron chi connectivity index (χ1n) is 5.32. The summed E-state index contributed by atoms with van der Waals surface area (Å²) in [5.41, 5.74) is 0.327. The molecule has 1 atom stereocenters. The van der Waals surface area contributed by atoms with E-state index in [1.807, 2.05) is 0 Å². The first-order chi connectivity index (χ1) is 7.77. The maximum absolute atomic E-state index is 9.11. The van der Waals surface area contributed by atoms with Gasteiger partial charge in [-0.05, 0) is 18.9 Å². The zero-order valence-corrected chi connectivity index (χ0v) is 8.87. The van der Waals surface area contributed by atoms with Gasteiger partial charge in [0.2, 0.25) is 0 Å². The van der Waals surface area contributed by atoms with E-state index in [4.69, 9.17) is 19.5 Å². The molecule has 0 aromatic carbocycles. The molecule has 0 saturated carbocycles. The van der Waals surface area contributed by atoms with Crippen LogP contribution in [-0.4, -0.2) is 41.5 Å². The third-order valence-electron chi connectivity index (χ3n) is 2.54. The van der Waals surface area contributed by atoms with E-state index in [9.17, 15) is 0 Å². The van der Waals surface area contributed by atoms with Gasteiger partial charge in [0.15, 0.2) is 0 Å². The molecule has 86 valence electrons. The van der Waals surface area contributed by atoms with Gasteiger partial charge >= 0.3 is 7.12 Å². The van der Waals surface area contributed by atoms with Crippen molar-refractivity contribution in [2.24, 2.45) is 0 Å². The number of ether oxygens (including phenoxy) is 2. The van der Waals surface area contributed by atoms with Crippen LogP contribution in [0.5, 0.6) is 5.75 Å². The van der Waals surface area contributed by atoms with E-state index in [1.165, 1.54) is 18.5 Å². The molecule has 1 saturated heterocycles. The van der Waals surface area contributed by atoms with E-state index in [2.05, 4.69) is 4.98 Å². The summed E-state index contributed by atoms with van der Waals surface area (Å²) in [6.45, 7) is 1.20. The van der Waals surface area contributed by atoms with Crippen molar-refractivity contribution in [1.82, 2.24) is 4.98 Å². The minimum absolute atomic E-state index is 0.101. The van der Waals surface area contributed by atoms with Crippen molar-refractivity contribution < 1.29 is 19.5 Å². The van der Waals surface area contributed by atoms with E-state index in [-0.39, 0.29) is 6.10 Å². The minimum atomic E-state index is -1.54. The number of aromatic nitrogens is 1. The Kier molecular flexibility index (Phi) is 3.76. The maximum atomic E-state index is 9.11. The highest BCUT2D eigenvalue weighted by atomic mass is 16.5. The maximum Gasteiger partial charge on any atom is 0.492 e. The number of hydrogen-bond acceptors (Lipinski definition) is 5. The van der Waals surface area contributed by atoms with Gasteiger partial charge in [-0.1, -0.05) is 0 Å². The Morgan fingerprint density at radius 1 is 1.56 bits per heavy atom. The number of rotatable bonds is 4. The standard InChI is InChI=1S/C10H14BNO4/c13-11(14)9-3-4-12-6-10(9)16-7-8-2-1-5-15-8/h3-4,6,8,13-14H,1-2,5,7H2. The Morgan fingerprint density at radius 3 is 3.12 bits per heavy atom. The summed E-state index contributed by atoms with van der Waals surface area (Å²) < 4.78 is 10.9. The molecule has 16 heavy (non-hydrogen) atoms. The molecule has 2 rings (SSSR count). The average molecular weight is 223 g/mol. The van der Waals surface area contributed by atoms with Crippen LogP contribution in [-0.2, 0) is 4.74 Å². The van der Waals surface area contributed by atoms with Gasteiger partial charge in [-0.15, -0.1) is 0 Å². The Balaban J connectivity index is 1.97. The second kappa shape index (κ2) is 5.29. The molecule has 2 N–H and O–H groups in total. The first-order valence-corrected chi connectivity index (χ1v) is 5.32. The van der Waals surface area contributed by atoms with E-state index in [0.717, 1.165) is 19.4 Å². The van der Waals surface area contributed by atoms with Crippen molar-refractivity contribution in [3.05, 3.63) is 18.5 Å². The van der Waals surface area contributed by atoms with Gasteiger partial charge in [0, 0.05) is 18.3 Å². The van der Waals surface area contributed by atoms with Gasteiger partial charge < -0.3 is 19.5 Å². The lowest BCUT2D eigenvalue weighted by Gasteiger charge is -2.13. The van der Waals surface area contributed by atoms with Gasteiger partial charge in [-0.25, -0.2) is 0 Å². The van der Waals surface area contributed by atoms with Crippen molar-refractivity contribution >= 4 is 12.6 Å². The van der Waals surface area contributed by atoms with Crippen molar-refractivity contribution in [1.29, 1.82) is 0 Å². The lowest BCUT2D eigenvalue weighted by Crippen LogP contribution is -2.32. The lowest BCUT2D eigenvalue weighted by molar-refractivity contribution is 0.0681. The van der Waals surface area contributed by atoms with Crippen LogP contribution in [0.2, 0.25) is 0 Å². The Bertz CT molecular complexity index is 341. The van der Waals surface area contributed by atoms with Crippen molar-refractivity contribution in [3.8, 4) is 5.75 Å². The monoisotopic (exact) mass is 223 g/mol. The molecular weight excluding hydrogens is 209 g/mol. The van der Waals surface area contributed by atoms with Crippen LogP contribution < -0.4 is 10.2 Å². The number of hydrogen-bond donors (Lipinski definition) is 2. The molecule has 1 unspecified atom stereocenters. The molecule has 1 aromatic rings. The van der Waals surface area contributed by atoms with Gasteiger partial charge in [0.05, 0.1) is 12.3 Å². The zero-order chi connectivity index (χ0) is 11.4. The summed E-state index contributed by atoms with van der Waals surface area (Å²) >= 11 is 0. The van der Waals surface area contributed by atoms with E-state index in [0.29, 0.717) is 17.8 Å². The molecule has 0 aliphatic carbocycles. The number of nitrogens with zero attached hydrogens (tertiary/aromatic N) is 1. The zero-order valence-electron chi connectivity index (χ0n) is 8.87. The SMILES string of the molecule is OB(O)c1ccncc1OCC1CCCO1. The summed E-state index contributed by atoms with van der Waals surface area (Å²) in [4.78, 5) is 3.88. The Hall–Kier alpha value is -1.11. The molecular formula is C10H14BNO4. The van der Waals surface area contributed by atoms with Gasteiger partial charge in [-0.2, -0.15) is 0 Å². The lowest BCUT2D eigenvalue weighted by atomic mass is 9.80. The first kappa shape index (κ1) is 11.4. The van der Waals surface area contributed by atoms with Gasteiger partial charge in [-0.3, -0.25) is 4.98 Å². The summed E-state index contributed by atoms with van der Waals surface area (Å²) in [5, 5.41) is 18.2.